The number of rotatable bonds is 3. The second kappa shape index (κ2) is 5.85. The lowest BCUT2D eigenvalue weighted by Crippen LogP contribution is -2.26. The molecule has 6 N–H and O–H groups in total. The second-order valence-corrected chi connectivity index (χ2v) is 3.79. The van der Waals surface area contributed by atoms with Crippen molar-refractivity contribution in [2.75, 3.05) is 0 Å². The Balaban J connectivity index is 3.13. The first-order valence-electron chi connectivity index (χ1n) is 5.28. The molecule has 0 unspecified atom stereocenters. The largest absolute Gasteiger partial charge is 0.489 e. The minimum absolute atomic E-state index is 0.0753. The Morgan fingerprint density at radius 2 is 1.94 bits per heavy atom. The van der Waals surface area contributed by atoms with Gasteiger partial charge in [-0.2, -0.15) is 4.99 Å². The minimum atomic E-state index is -0.456. The Labute approximate surface area is 104 Å². The molecule has 1 aromatic carbocycles. The smallest absolute Gasteiger partial charge is 0.223 e. The highest BCUT2D eigenvalue weighted by molar-refractivity contribution is 5.93. The van der Waals surface area contributed by atoms with Crippen LogP contribution in [-0.2, 0) is 0 Å². The zero-order valence-electron chi connectivity index (χ0n) is 10.2. The van der Waals surface area contributed by atoms with Gasteiger partial charge >= 0.3 is 0 Å². The van der Waals surface area contributed by atoms with Gasteiger partial charge in [-0.15, -0.1) is 0 Å². The fourth-order valence-electron chi connectivity index (χ4n) is 1.21. The zero-order chi connectivity index (χ0) is 13.7. The predicted molar refractivity (Wildman–Crippen MR) is 69.3 cm³/mol. The fraction of sp³-hybridized carbons (Fsp3) is 0.273. The molecule has 98 valence electrons. The minimum Gasteiger partial charge on any atom is -0.489 e. The molecule has 1 aromatic rings. The summed E-state index contributed by atoms with van der Waals surface area (Å²) in [6, 6.07) is 3.93. The lowest BCUT2D eigenvalue weighted by molar-refractivity contribution is 0.243. The summed E-state index contributed by atoms with van der Waals surface area (Å²) >= 11 is 0. The molecule has 18 heavy (non-hydrogen) atoms. The lowest BCUT2D eigenvalue weighted by Gasteiger charge is -2.11. The number of aliphatic imine (C=N–C) groups is 2. The highest BCUT2D eigenvalue weighted by Crippen LogP contribution is 2.29. The molecule has 0 aromatic heterocycles. The van der Waals surface area contributed by atoms with Gasteiger partial charge in [0.15, 0.2) is 5.96 Å². The van der Waals surface area contributed by atoms with Crippen LogP contribution in [0.25, 0.3) is 0 Å². The van der Waals surface area contributed by atoms with Crippen molar-refractivity contribution in [3.63, 3.8) is 0 Å². The predicted octanol–water partition coefficient (Wildman–Crippen LogP) is 0.833. The fourth-order valence-corrected chi connectivity index (χ4v) is 1.21. The van der Waals surface area contributed by atoms with Gasteiger partial charge in [-0.1, -0.05) is 0 Å². The number of hydrogen-bond acceptors (Lipinski definition) is 2. The maximum atomic E-state index is 13.1. The molecule has 0 saturated heterocycles. The van der Waals surface area contributed by atoms with Crippen molar-refractivity contribution in [1.82, 2.24) is 0 Å². The number of benzene rings is 1. The van der Waals surface area contributed by atoms with Gasteiger partial charge < -0.3 is 21.9 Å². The average Bonchev–Trinajstić information content (AvgIpc) is 2.20. The monoisotopic (exact) mass is 253 g/mol. The summed E-state index contributed by atoms with van der Waals surface area (Å²) in [7, 11) is 0. The SMILES string of the molecule is CC(C)Oc1ccc(F)cc1N=C(N)N=C(N)N. The molecular formula is C11H16FN5O. The Hall–Kier alpha value is -2.31. The van der Waals surface area contributed by atoms with E-state index in [0.29, 0.717) is 5.75 Å². The van der Waals surface area contributed by atoms with Gasteiger partial charge in [0.1, 0.15) is 17.3 Å². The van der Waals surface area contributed by atoms with Crippen LogP contribution >= 0.6 is 0 Å². The Bertz CT molecular complexity index is 480. The van der Waals surface area contributed by atoms with Crippen molar-refractivity contribution in [3.8, 4) is 5.75 Å². The van der Waals surface area contributed by atoms with Gasteiger partial charge in [-0.05, 0) is 26.0 Å². The summed E-state index contributed by atoms with van der Waals surface area (Å²) in [5.41, 5.74) is 16.0. The third kappa shape index (κ3) is 4.28. The molecule has 0 saturated carbocycles. The molecule has 0 heterocycles. The number of halogens is 1. The van der Waals surface area contributed by atoms with Crippen LogP contribution in [-0.4, -0.2) is 18.0 Å². The molecular weight excluding hydrogens is 237 g/mol. The third-order valence-corrected chi connectivity index (χ3v) is 1.76. The van der Waals surface area contributed by atoms with Crippen molar-refractivity contribution < 1.29 is 9.13 Å². The van der Waals surface area contributed by atoms with Gasteiger partial charge in [0, 0.05) is 6.07 Å². The van der Waals surface area contributed by atoms with E-state index >= 15 is 0 Å². The molecule has 0 spiro atoms. The van der Waals surface area contributed by atoms with E-state index in [2.05, 4.69) is 9.98 Å². The summed E-state index contributed by atoms with van der Waals surface area (Å²) in [6.07, 6.45) is -0.0753. The Kier molecular flexibility index (Phi) is 4.47. The summed E-state index contributed by atoms with van der Waals surface area (Å²) in [4.78, 5) is 7.44. The van der Waals surface area contributed by atoms with Gasteiger partial charge in [0.2, 0.25) is 5.96 Å². The van der Waals surface area contributed by atoms with Crippen LogP contribution < -0.4 is 21.9 Å². The van der Waals surface area contributed by atoms with Crippen LogP contribution in [0.5, 0.6) is 5.75 Å². The van der Waals surface area contributed by atoms with Crippen LogP contribution in [0.4, 0.5) is 10.1 Å². The molecule has 0 fully saturated rings. The van der Waals surface area contributed by atoms with Crippen LogP contribution in [0.2, 0.25) is 0 Å². The number of nitrogens with zero attached hydrogens (tertiary/aromatic N) is 2. The molecule has 0 bridgehead atoms. The Morgan fingerprint density at radius 1 is 1.28 bits per heavy atom. The summed E-state index contributed by atoms with van der Waals surface area (Å²) in [5.74, 6) is -0.448. The first kappa shape index (κ1) is 13.8. The van der Waals surface area contributed by atoms with E-state index in [1.165, 1.54) is 18.2 Å². The van der Waals surface area contributed by atoms with E-state index in [4.69, 9.17) is 21.9 Å². The summed E-state index contributed by atoms with van der Waals surface area (Å²) in [6.45, 7) is 3.69. The van der Waals surface area contributed by atoms with E-state index in [-0.39, 0.29) is 23.7 Å². The number of nitrogens with two attached hydrogens (primary N) is 3. The number of guanidine groups is 2. The van der Waals surface area contributed by atoms with E-state index in [1.54, 1.807) is 0 Å². The average molecular weight is 253 g/mol. The van der Waals surface area contributed by atoms with Crippen LogP contribution in [0.3, 0.4) is 0 Å². The molecule has 0 aliphatic carbocycles. The third-order valence-electron chi connectivity index (χ3n) is 1.76. The van der Waals surface area contributed by atoms with Crippen molar-refractivity contribution in [1.29, 1.82) is 0 Å². The van der Waals surface area contributed by atoms with Crippen molar-refractivity contribution in [3.05, 3.63) is 24.0 Å². The van der Waals surface area contributed by atoms with Crippen LogP contribution in [0.1, 0.15) is 13.8 Å². The maximum absolute atomic E-state index is 13.1. The first-order valence-corrected chi connectivity index (χ1v) is 5.28. The van der Waals surface area contributed by atoms with Gasteiger partial charge in [0.25, 0.3) is 0 Å². The van der Waals surface area contributed by atoms with Crippen molar-refractivity contribution in [2.45, 2.75) is 20.0 Å². The lowest BCUT2D eigenvalue weighted by atomic mass is 10.3. The van der Waals surface area contributed by atoms with E-state index in [1.807, 2.05) is 13.8 Å². The number of ether oxygens (including phenoxy) is 1. The summed E-state index contributed by atoms with van der Waals surface area (Å²) in [5, 5.41) is 0. The number of hydrogen-bond donors (Lipinski definition) is 3. The van der Waals surface area contributed by atoms with Gasteiger partial charge in [0.05, 0.1) is 6.10 Å². The Morgan fingerprint density at radius 3 is 2.50 bits per heavy atom. The summed E-state index contributed by atoms with van der Waals surface area (Å²) < 4.78 is 18.6. The molecule has 0 amide bonds. The molecule has 7 heteroatoms. The standard InChI is InChI=1S/C11H16FN5O/c1-6(2)18-9-4-3-7(12)5-8(9)16-11(15)17-10(13)14/h3-6H,1-2H3,(H6,13,14,15,16,17). The highest BCUT2D eigenvalue weighted by Gasteiger charge is 2.07. The van der Waals surface area contributed by atoms with E-state index in [9.17, 15) is 4.39 Å². The zero-order valence-corrected chi connectivity index (χ0v) is 10.2. The maximum Gasteiger partial charge on any atom is 0.223 e. The van der Waals surface area contributed by atoms with Crippen LogP contribution in [0, 0.1) is 5.82 Å². The first-order chi connectivity index (χ1) is 8.38. The molecule has 6 nitrogen and oxygen atoms in total. The highest BCUT2D eigenvalue weighted by atomic mass is 19.1. The van der Waals surface area contributed by atoms with E-state index in [0.717, 1.165) is 0 Å². The quantitative estimate of drug-likeness (QED) is 0.547. The topological polar surface area (TPSA) is 112 Å². The molecule has 0 atom stereocenters. The molecule has 0 aliphatic rings. The van der Waals surface area contributed by atoms with Crippen molar-refractivity contribution in [2.24, 2.45) is 27.2 Å². The normalized spacial score (nSPS) is 11.4. The molecule has 0 aliphatic heterocycles. The van der Waals surface area contributed by atoms with Gasteiger partial charge in [-0.3, -0.25) is 0 Å². The second-order valence-electron chi connectivity index (χ2n) is 3.79. The van der Waals surface area contributed by atoms with Crippen LogP contribution in [0.15, 0.2) is 28.2 Å². The van der Waals surface area contributed by atoms with Gasteiger partial charge in [-0.25, -0.2) is 9.38 Å². The molecule has 1 rings (SSSR count). The van der Waals surface area contributed by atoms with Crippen molar-refractivity contribution >= 4 is 17.6 Å². The molecule has 0 radical (unpaired) electrons. The van der Waals surface area contributed by atoms with E-state index < -0.39 is 5.82 Å².